The van der Waals surface area contributed by atoms with Crippen molar-refractivity contribution in [1.29, 1.82) is 0 Å². The van der Waals surface area contributed by atoms with Crippen LogP contribution in [0.3, 0.4) is 0 Å². The molecule has 0 aromatic heterocycles. The van der Waals surface area contributed by atoms with Crippen LogP contribution in [0.1, 0.15) is 31.4 Å². The van der Waals surface area contributed by atoms with Gasteiger partial charge in [0, 0.05) is 40.0 Å². The van der Waals surface area contributed by atoms with Crippen LogP contribution in [0.15, 0.2) is 12.1 Å². The van der Waals surface area contributed by atoms with Gasteiger partial charge in [-0.05, 0) is 84.8 Å². The minimum Gasteiger partial charge on any atom is -0.493 e. The number of methoxy groups -OCH3 is 1. The first kappa shape index (κ1) is 43.4. The normalized spacial score (nSPS) is 13.7. The third-order valence-corrected chi connectivity index (χ3v) is 21.2. The topological polar surface area (TPSA) is 155 Å². The van der Waals surface area contributed by atoms with Gasteiger partial charge in [-0.1, -0.05) is 0 Å². The number of rotatable bonds is 22. The average Bonchev–Trinajstić information content (AvgIpc) is 2.92. The molecule has 1 atom stereocenters. The van der Waals surface area contributed by atoms with Gasteiger partial charge in [0.2, 0.25) is 0 Å². The number of amides is 1. The van der Waals surface area contributed by atoms with Crippen LogP contribution >= 0.6 is 0 Å². The van der Waals surface area contributed by atoms with Gasteiger partial charge in [0.1, 0.15) is 6.10 Å². The van der Waals surface area contributed by atoms with Crippen LogP contribution in [-0.4, -0.2) is 95.2 Å². The maximum atomic E-state index is 12.5. The van der Waals surface area contributed by atoms with Crippen molar-refractivity contribution >= 4 is 54.3 Å². The average molecular weight is 755 g/mol. The van der Waals surface area contributed by atoms with E-state index in [1.807, 2.05) is 0 Å². The molecule has 1 N–H and O–H groups in total. The Morgan fingerprint density at radius 1 is 0.787 bits per heavy atom. The maximum absolute atomic E-state index is 12.5. The second-order valence-corrected chi connectivity index (χ2v) is 34.1. The second kappa shape index (κ2) is 18.4. The molecule has 1 aromatic rings. The number of hydrogen-bond acceptors (Lipinski definition) is 12. The highest BCUT2D eigenvalue weighted by molar-refractivity contribution is 6.90. The van der Waals surface area contributed by atoms with E-state index in [1.54, 1.807) is 6.92 Å². The highest BCUT2D eigenvalue weighted by Crippen LogP contribution is 2.39. The van der Waals surface area contributed by atoms with Crippen molar-refractivity contribution < 1.29 is 49.6 Å². The molecule has 0 aliphatic heterocycles. The van der Waals surface area contributed by atoms with E-state index in [0.717, 1.165) is 0 Å². The Morgan fingerprint density at radius 3 is 1.70 bits per heavy atom. The first-order valence-electron chi connectivity index (χ1n) is 15.7. The Kier molecular flexibility index (Phi) is 16.9. The Morgan fingerprint density at radius 2 is 1.28 bits per heavy atom. The summed E-state index contributed by atoms with van der Waals surface area (Å²) < 4.78 is 53.4. The van der Waals surface area contributed by atoms with Crippen LogP contribution in [0.25, 0.3) is 0 Å². The number of benzene rings is 1. The number of carbonyl (C=O) groups excluding carboxylic acids is 1. The van der Waals surface area contributed by atoms with E-state index in [9.17, 15) is 14.9 Å². The number of nitrogens with one attached hydrogen (secondary N) is 1. The summed E-state index contributed by atoms with van der Waals surface area (Å²) in [5.41, 5.74) is -0.0898. The number of hydrogen-bond donors (Lipinski definition) is 1. The third kappa shape index (κ3) is 15.6. The summed E-state index contributed by atoms with van der Waals surface area (Å²) in [5.74, 6) is 0.484. The molecule has 14 nitrogen and oxygen atoms in total. The summed E-state index contributed by atoms with van der Waals surface area (Å²) >= 11 is 0. The summed E-state index contributed by atoms with van der Waals surface area (Å²) in [5, 5.41) is 14.8. The van der Waals surface area contributed by atoms with E-state index in [0.29, 0.717) is 24.9 Å². The molecule has 47 heavy (non-hydrogen) atoms. The van der Waals surface area contributed by atoms with E-state index in [2.05, 4.69) is 64.2 Å². The van der Waals surface area contributed by atoms with E-state index in [4.69, 9.17) is 39.8 Å². The standard InChI is InChI=1S/C28H58N2O12Si5/c1-23(39-28(31)29-17-15-19-46(35-3,36-4)37-5)24-21-26(34-2)27(22-25(24)30(32)33)38-18-16-20-47(40-43(6,7)8,41-44(9,10)11)42-45(12,13)14/h21-23H,15-20H2,1-14H3,(H,29,31). The summed E-state index contributed by atoms with van der Waals surface area (Å²) in [7, 11) is -5.93. The van der Waals surface area contributed by atoms with Crippen LogP contribution in [0, 0.1) is 10.1 Å². The lowest BCUT2D eigenvalue weighted by Crippen LogP contribution is -2.60. The molecule has 1 rings (SSSR count). The summed E-state index contributed by atoms with van der Waals surface area (Å²) in [6, 6.07) is 3.81. The lowest BCUT2D eigenvalue weighted by molar-refractivity contribution is -0.386. The van der Waals surface area contributed by atoms with Crippen molar-refractivity contribution in [1.82, 2.24) is 5.32 Å². The van der Waals surface area contributed by atoms with Gasteiger partial charge in [0.15, 0.2) is 36.5 Å². The first-order chi connectivity index (χ1) is 21.5. The highest BCUT2D eigenvalue weighted by Gasteiger charge is 2.49. The molecule has 19 heteroatoms. The predicted molar refractivity (Wildman–Crippen MR) is 193 cm³/mol. The van der Waals surface area contributed by atoms with Gasteiger partial charge in [0.05, 0.1) is 30.3 Å². The van der Waals surface area contributed by atoms with E-state index in [-0.39, 0.29) is 35.9 Å². The largest absolute Gasteiger partial charge is 0.500 e. The zero-order chi connectivity index (χ0) is 36.3. The van der Waals surface area contributed by atoms with Crippen LogP contribution in [0.5, 0.6) is 11.5 Å². The molecule has 0 aliphatic carbocycles. The lowest BCUT2D eigenvalue weighted by Gasteiger charge is -2.42. The highest BCUT2D eigenvalue weighted by atomic mass is 28.5. The van der Waals surface area contributed by atoms with Crippen LogP contribution in [0.4, 0.5) is 10.5 Å². The fraction of sp³-hybridized carbons (Fsp3) is 0.750. The smallest absolute Gasteiger partial charge is 0.493 e. The van der Waals surface area contributed by atoms with Crippen molar-refractivity contribution in [2.45, 2.75) is 96.9 Å². The molecule has 0 radical (unpaired) electrons. The van der Waals surface area contributed by atoms with Crippen LogP contribution in [0.2, 0.25) is 71.0 Å². The van der Waals surface area contributed by atoms with E-state index in [1.165, 1.54) is 40.6 Å². The molecule has 0 heterocycles. The fourth-order valence-electron chi connectivity index (χ4n) is 4.72. The summed E-state index contributed by atoms with van der Waals surface area (Å²) in [6.07, 6.45) is -0.605. The molecule has 0 aliphatic rings. The van der Waals surface area contributed by atoms with Gasteiger partial charge in [0.25, 0.3) is 5.69 Å². The number of carbonyl (C=O) groups is 1. The number of nitro benzene ring substituents is 1. The monoisotopic (exact) mass is 754 g/mol. The molecule has 1 amide bonds. The molecular formula is C28H58N2O12Si5. The van der Waals surface area contributed by atoms with E-state index >= 15 is 0 Å². The summed E-state index contributed by atoms with van der Waals surface area (Å²) in [6.45, 7) is 21.2. The van der Waals surface area contributed by atoms with Gasteiger partial charge in [-0.2, -0.15) is 0 Å². The molecule has 1 aromatic carbocycles. The third-order valence-electron chi connectivity index (χ3n) is 6.36. The minimum absolute atomic E-state index is 0.168. The maximum Gasteiger partial charge on any atom is 0.500 e. The summed E-state index contributed by atoms with van der Waals surface area (Å²) in [4.78, 5) is 24.1. The number of nitro groups is 1. The van der Waals surface area contributed by atoms with Gasteiger partial charge in [-0.15, -0.1) is 0 Å². The lowest BCUT2D eigenvalue weighted by atomic mass is 10.1. The van der Waals surface area contributed by atoms with Gasteiger partial charge in [-0.3, -0.25) is 10.1 Å². The Bertz CT molecular complexity index is 1110. The van der Waals surface area contributed by atoms with Crippen molar-refractivity contribution in [2.75, 3.05) is 41.6 Å². The molecule has 0 bridgehead atoms. The van der Waals surface area contributed by atoms with Crippen LogP contribution < -0.4 is 14.8 Å². The Hall–Kier alpha value is -1.67. The van der Waals surface area contributed by atoms with Gasteiger partial charge in [-0.25, -0.2) is 4.79 Å². The van der Waals surface area contributed by atoms with Gasteiger partial charge < -0.3 is 45.2 Å². The first-order valence-corrected chi connectivity index (χ1v) is 29.8. The number of alkyl carbamates (subject to hydrolysis) is 1. The zero-order valence-electron chi connectivity index (χ0n) is 30.8. The molecule has 1 unspecified atom stereocenters. The quantitative estimate of drug-likeness (QED) is 0.0565. The fourth-order valence-corrected chi connectivity index (χ4v) is 21.1. The van der Waals surface area contributed by atoms with E-state index < -0.39 is 59.7 Å². The molecule has 0 spiro atoms. The minimum atomic E-state index is -3.06. The Labute approximate surface area is 286 Å². The Balaban J connectivity index is 3.08. The van der Waals surface area contributed by atoms with Crippen molar-refractivity contribution in [3.63, 3.8) is 0 Å². The number of ether oxygens (including phenoxy) is 3. The zero-order valence-corrected chi connectivity index (χ0v) is 35.8. The van der Waals surface area contributed by atoms with Gasteiger partial charge >= 0.3 is 23.7 Å². The van der Waals surface area contributed by atoms with Crippen molar-refractivity contribution in [3.05, 3.63) is 27.8 Å². The molecule has 0 saturated carbocycles. The predicted octanol–water partition coefficient (Wildman–Crippen LogP) is 6.92. The molecule has 0 saturated heterocycles. The van der Waals surface area contributed by atoms with Crippen molar-refractivity contribution in [3.8, 4) is 11.5 Å². The van der Waals surface area contributed by atoms with Crippen LogP contribution in [-0.2, 0) is 30.4 Å². The molecular weight excluding hydrogens is 697 g/mol. The van der Waals surface area contributed by atoms with Crippen molar-refractivity contribution in [2.24, 2.45) is 0 Å². The molecule has 0 fully saturated rings. The SMILES string of the molecule is COc1cc(C(C)OC(=O)NCCC[Si](OC)(OC)OC)c([N+](=O)[O-])cc1OCCC[Si](O[Si](C)(C)C)(O[Si](C)(C)C)O[Si](C)(C)C. The second-order valence-electron chi connectivity index (χ2n) is 14.0. The molecule has 272 valence electrons. The number of nitrogens with zero attached hydrogens (tertiary/aromatic N) is 1.